The third kappa shape index (κ3) is 4.85. The summed E-state index contributed by atoms with van der Waals surface area (Å²) in [6.07, 6.45) is 0. The van der Waals surface area contributed by atoms with Gasteiger partial charge in [-0.15, -0.1) is 0 Å². The number of nitrogens with zero attached hydrogens (tertiary/aromatic N) is 1. The number of aromatic amines is 1. The van der Waals surface area contributed by atoms with Crippen LogP contribution in [0.2, 0.25) is 0 Å². The smallest absolute Gasteiger partial charge is 0.340 e. The maximum absolute atomic E-state index is 12.1. The Morgan fingerprint density at radius 2 is 2.00 bits per heavy atom. The van der Waals surface area contributed by atoms with Crippen molar-refractivity contribution in [1.82, 2.24) is 10.4 Å². The van der Waals surface area contributed by atoms with Crippen molar-refractivity contribution < 1.29 is 14.3 Å². The van der Waals surface area contributed by atoms with Crippen LogP contribution in [-0.4, -0.2) is 35.5 Å². The van der Waals surface area contributed by atoms with Crippen LogP contribution in [0.3, 0.4) is 0 Å². The molecular formula is C19H24N4O3S. The lowest BCUT2D eigenvalue weighted by Crippen LogP contribution is -2.25. The van der Waals surface area contributed by atoms with Gasteiger partial charge < -0.3 is 19.8 Å². The van der Waals surface area contributed by atoms with Gasteiger partial charge in [0, 0.05) is 5.69 Å². The Hall–Kier alpha value is -2.87. The van der Waals surface area contributed by atoms with Gasteiger partial charge in [-0.25, -0.2) is 4.79 Å². The number of nitrogens with one attached hydrogen (secondary N) is 3. The van der Waals surface area contributed by atoms with Crippen LogP contribution in [0.1, 0.15) is 41.2 Å². The van der Waals surface area contributed by atoms with Crippen LogP contribution in [0.25, 0.3) is 0 Å². The minimum atomic E-state index is -0.343. The highest BCUT2D eigenvalue weighted by Crippen LogP contribution is 2.23. The molecule has 2 rings (SSSR count). The molecule has 0 bridgehead atoms. The zero-order valence-corrected chi connectivity index (χ0v) is 16.9. The third-order valence-corrected chi connectivity index (χ3v) is 4.15. The Labute approximate surface area is 164 Å². The van der Waals surface area contributed by atoms with E-state index in [1.165, 1.54) is 0 Å². The number of hydrazone groups is 1. The first-order valence-corrected chi connectivity index (χ1v) is 8.90. The summed E-state index contributed by atoms with van der Waals surface area (Å²) < 4.78 is 10.4. The summed E-state index contributed by atoms with van der Waals surface area (Å²) in [5.74, 6) is 0.335. The molecule has 1 heterocycles. The quantitative estimate of drug-likeness (QED) is 0.304. The summed E-state index contributed by atoms with van der Waals surface area (Å²) in [5.41, 5.74) is 7.03. The lowest BCUT2D eigenvalue weighted by Gasteiger charge is -2.11. The highest BCUT2D eigenvalue weighted by atomic mass is 32.1. The Morgan fingerprint density at radius 1 is 1.30 bits per heavy atom. The second-order valence-electron chi connectivity index (χ2n) is 5.81. The zero-order chi connectivity index (χ0) is 20.0. The van der Waals surface area contributed by atoms with E-state index in [1.54, 1.807) is 14.0 Å². The fraction of sp³-hybridized carbons (Fsp3) is 0.316. The van der Waals surface area contributed by atoms with Crippen molar-refractivity contribution in [3.8, 4) is 5.75 Å². The molecule has 0 fully saturated rings. The molecule has 0 amide bonds. The molecule has 144 valence electrons. The molecule has 0 unspecified atom stereocenters. The van der Waals surface area contributed by atoms with Gasteiger partial charge in [0.15, 0.2) is 5.11 Å². The maximum atomic E-state index is 12.1. The monoisotopic (exact) mass is 388 g/mol. The van der Waals surface area contributed by atoms with Crippen LogP contribution < -0.4 is 15.5 Å². The van der Waals surface area contributed by atoms with E-state index in [-0.39, 0.29) is 5.97 Å². The molecule has 0 aliphatic heterocycles. The van der Waals surface area contributed by atoms with Gasteiger partial charge in [-0.1, -0.05) is 12.1 Å². The molecule has 27 heavy (non-hydrogen) atoms. The molecule has 2 aromatic rings. The Kier molecular flexibility index (Phi) is 6.95. The van der Waals surface area contributed by atoms with Crippen molar-refractivity contribution in [3.63, 3.8) is 0 Å². The Balaban J connectivity index is 2.12. The van der Waals surface area contributed by atoms with Gasteiger partial charge >= 0.3 is 5.97 Å². The van der Waals surface area contributed by atoms with E-state index in [4.69, 9.17) is 21.7 Å². The normalized spacial score (nSPS) is 11.1. The topological polar surface area (TPSA) is 87.7 Å². The molecule has 7 nitrogen and oxygen atoms in total. The number of hydrogen-bond donors (Lipinski definition) is 3. The number of aromatic nitrogens is 1. The number of para-hydroxylation sites is 2. The van der Waals surface area contributed by atoms with Gasteiger partial charge in [0.25, 0.3) is 0 Å². The molecule has 1 aromatic carbocycles. The molecule has 3 N–H and O–H groups in total. The van der Waals surface area contributed by atoms with Crippen molar-refractivity contribution in [3.05, 3.63) is 46.8 Å². The van der Waals surface area contributed by atoms with Crippen molar-refractivity contribution in [2.45, 2.75) is 27.7 Å². The fourth-order valence-electron chi connectivity index (χ4n) is 2.71. The minimum Gasteiger partial charge on any atom is -0.495 e. The summed E-state index contributed by atoms with van der Waals surface area (Å²) in [6.45, 7) is 7.62. The van der Waals surface area contributed by atoms with Crippen LogP contribution >= 0.6 is 12.2 Å². The lowest BCUT2D eigenvalue weighted by atomic mass is 10.1. The number of carbonyl (C=O) groups excluding carboxylic acids is 1. The SMILES string of the molecule is CCOC(=O)c1c(C)[nH]c(/C(C)=N/NC(=S)Nc2ccccc2OC)c1C. The predicted octanol–water partition coefficient (Wildman–Crippen LogP) is 3.53. The summed E-state index contributed by atoms with van der Waals surface area (Å²) in [5, 5.41) is 7.67. The fourth-order valence-corrected chi connectivity index (χ4v) is 2.87. The van der Waals surface area contributed by atoms with Gasteiger partial charge in [0.2, 0.25) is 0 Å². The lowest BCUT2D eigenvalue weighted by molar-refractivity contribution is 0.0525. The second kappa shape index (κ2) is 9.18. The van der Waals surface area contributed by atoms with Crippen molar-refractivity contribution >= 4 is 34.7 Å². The molecule has 0 spiro atoms. The number of benzene rings is 1. The number of H-pyrrole nitrogens is 1. The van der Waals surface area contributed by atoms with E-state index >= 15 is 0 Å². The number of methoxy groups -OCH3 is 1. The highest BCUT2D eigenvalue weighted by Gasteiger charge is 2.20. The minimum absolute atomic E-state index is 0.324. The van der Waals surface area contributed by atoms with Crippen LogP contribution in [0, 0.1) is 13.8 Å². The predicted molar refractivity (Wildman–Crippen MR) is 111 cm³/mol. The van der Waals surface area contributed by atoms with Crippen molar-refractivity contribution in [2.75, 3.05) is 19.0 Å². The average molecular weight is 388 g/mol. The highest BCUT2D eigenvalue weighted by molar-refractivity contribution is 7.80. The first-order chi connectivity index (χ1) is 12.9. The van der Waals surface area contributed by atoms with Gasteiger partial charge in [-0.05, 0) is 57.6 Å². The van der Waals surface area contributed by atoms with Crippen molar-refractivity contribution in [2.24, 2.45) is 5.10 Å². The second-order valence-corrected chi connectivity index (χ2v) is 6.22. The number of carbonyl (C=O) groups is 1. The number of anilines is 1. The van der Waals surface area contributed by atoms with E-state index in [2.05, 4.69) is 20.8 Å². The third-order valence-electron chi connectivity index (χ3n) is 3.96. The number of rotatable bonds is 6. The molecular weight excluding hydrogens is 364 g/mol. The van der Waals surface area contributed by atoms with E-state index in [9.17, 15) is 4.79 Å². The number of thiocarbonyl (C=S) groups is 1. The van der Waals surface area contributed by atoms with Gasteiger partial charge in [-0.2, -0.15) is 5.10 Å². The molecule has 0 saturated heterocycles. The zero-order valence-electron chi connectivity index (χ0n) is 16.1. The van der Waals surface area contributed by atoms with Crippen molar-refractivity contribution in [1.29, 1.82) is 0 Å². The molecule has 0 radical (unpaired) electrons. The number of aryl methyl sites for hydroxylation is 1. The molecule has 8 heteroatoms. The van der Waals surface area contributed by atoms with Gasteiger partial charge in [0.05, 0.1) is 36.4 Å². The summed E-state index contributed by atoms with van der Waals surface area (Å²) in [6, 6.07) is 7.44. The Bertz CT molecular complexity index is 874. The van der Waals surface area contributed by atoms with E-state index < -0.39 is 0 Å². The molecule has 1 aromatic heterocycles. The maximum Gasteiger partial charge on any atom is 0.340 e. The van der Waals surface area contributed by atoms with Crippen LogP contribution in [0.5, 0.6) is 5.75 Å². The largest absolute Gasteiger partial charge is 0.495 e. The summed E-state index contributed by atoms with van der Waals surface area (Å²) >= 11 is 5.28. The van der Waals surface area contributed by atoms with Gasteiger partial charge in [0.1, 0.15) is 5.75 Å². The van der Waals surface area contributed by atoms with Gasteiger partial charge in [-0.3, -0.25) is 5.43 Å². The first-order valence-electron chi connectivity index (χ1n) is 8.50. The number of ether oxygens (including phenoxy) is 2. The Morgan fingerprint density at radius 3 is 2.67 bits per heavy atom. The van der Waals surface area contributed by atoms with Crippen LogP contribution in [0.15, 0.2) is 29.4 Å². The number of hydrogen-bond acceptors (Lipinski definition) is 5. The standard InChI is InChI=1S/C19H24N4O3S/c1-6-26-18(24)16-11(2)17(20-12(16)3)13(4)22-23-19(27)21-14-9-7-8-10-15(14)25-5/h7-10,20H,6H2,1-5H3,(H2,21,23,27)/b22-13+. The molecule has 0 aliphatic carbocycles. The summed E-state index contributed by atoms with van der Waals surface area (Å²) in [7, 11) is 1.59. The van der Waals surface area contributed by atoms with E-state index in [1.807, 2.05) is 45.0 Å². The molecule has 0 aliphatic rings. The average Bonchev–Trinajstić information content (AvgIpc) is 2.94. The first kappa shape index (κ1) is 20.4. The van der Waals surface area contributed by atoms with E-state index in [0.29, 0.717) is 28.7 Å². The van der Waals surface area contributed by atoms with E-state index in [0.717, 1.165) is 22.6 Å². The number of esters is 1. The molecule has 0 saturated carbocycles. The van der Waals surface area contributed by atoms with Crippen LogP contribution in [-0.2, 0) is 4.74 Å². The molecule has 0 atom stereocenters. The summed E-state index contributed by atoms with van der Waals surface area (Å²) in [4.78, 5) is 15.3. The van der Waals surface area contributed by atoms with Crippen LogP contribution in [0.4, 0.5) is 5.69 Å².